The fourth-order valence-electron chi connectivity index (χ4n) is 4.04. The zero-order valence-electron chi connectivity index (χ0n) is 18.5. The first kappa shape index (κ1) is 22.0. The number of para-hydroxylation sites is 1. The van der Waals surface area contributed by atoms with E-state index in [2.05, 4.69) is 22.3 Å². The second-order valence-electron chi connectivity index (χ2n) is 7.30. The molecule has 8 heteroatoms. The number of hydrogen-bond donors (Lipinski definition) is 1. The smallest absolute Gasteiger partial charge is 0.240 e. The van der Waals surface area contributed by atoms with Gasteiger partial charge < -0.3 is 18.8 Å². The number of aryl methyl sites for hydroxylation is 1. The van der Waals surface area contributed by atoms with Crippen LogP contribution in [0.25, 0.3) is 21.8 Å². The van der Waals surface area contributed by atoms with Crippen molar-refractivity contribution in [1.29, 1.82) is 0 Å². The zero-order chi connectivity index (χ0) is 22.9. The average Bonchev–Trinajstić information content (AvgIpc) is 3.15. The van der Waals surface area contributed by atoms with Gasteiger partial charge in [0.25, 0.3) is 0 Å². The maximum atomic E-state index is 13.1. The number of fused-ring (bicyclic) bond motifs is 3. The van der Waals surface area contributed by atoms with Gasteiger partial charge in [-0.2, -0.15) is 0 Å². The first-order valence-corrected chi connectivity index (χ1v) is 11.7. The maximum Gasteiger partial charge on any atom is 0.240 e. The van der Waals surface area contributed by atoms with Crippen molar-refractivity contribution in [2.45, 2.75) is 24.9 Å². The third-order valence-electron chi connectivity index (χ3n) is 5.56. The van der Waals surface area contributed by atoms with Crippen LogP contribution in [0.4, 0.5) is 0 Å². The molecule has 0 bridgehead atoms. The Balaban J connectivity index is 1.68. The molecule has 0 aliphatic rings. The van der Waals surface area contributed by atoms with E-state index < -0.39 is 10.0 Å². The van der Waals surface area contributed by atoms with Crippen molar-refractivity contribution < 1.29 is 22.6 Å². The van der Waals surface area contributed by atoms with Crippen LogP contribution in [0.2, 0.25) is 0 Å². The molecule has 0 saturated carbocycles. The van der Waals surface area contributed by atoms with Gasteiger partial charge in [0.15, 0.2) is 11.5 Å². The summed E-state index contributed by atoms with van der Waals surface area (Å²) in [6, 6.07) is 16.7. The van der Waals surface area contributed by atoms with Gasteiger partial charge in [0.1, 0.15) is 0 Å². The molecule has 168 valence electrons. The van der Waals surface area contributed by atoms with E-state index in [1.54, 1.807) is 24.3 Å². The number of ether oxygens (including phenoxy) is 3. The number of sulfonamides is 1. The number of aromatic nitrogens is 1. The summed E-state index contributed by atoms with van der Waals surface area (Å²) in [4.78, 5) is 0.219. The van der Waals surface area contributed by atoms with Crippen LogP contribution in [0.3, 0.4) is 0 Å². The van der Waals surface area contributed by atoms with Gasteiger partial charge in [0, 0.05) is 34.9 Å². The van der Waals surface area contributed by atoms with Crippen LogP contribution in [0.15, 0.2) is 59.5 Å². The second kappa shape index (κ2) is 8.72. The van der Waals surface area contributed by atoms with Crippen LogP contribution < -0.4 is 18.9 Å². The molecule has 4 aromatic rings. The molecule has 0 aliphatic heterocycles. The van der Waals surface area contributed by atoms with Gasteiger partial charge in [-0.1, -0.05) is 18.2 Å². The third-order valence-corrected chi connectivity index (χ3v) is 6.96. The van der Waals surface area contributed by atoms with E-state index in [4.69, 9.17) is 14.2 Å². The monoisotopic (exact) mass is 454 g/mol. The molecule has 0 unspecified atom stereocenters. The molecule has 0 amide bonds. The van der Waals surface area contributed by atoms with E-state index in [1.807, 2.05) is 24.3 Å². The Morgan fingerprint density at radius 1 is 0.844 bits per heavy atom. The summed E-state index contributed by atoms with van der Waals surface area (Å²) >= 11 is 0. The largest absolute Gasteiger partial charge is 0.493 e. The highest BCUT2D eigenvalue weighted by molar-refractivity contribution is 7.89. The third kappa shape index (κ3) is 3.76. The van der Waals surface area contributed by atoms with E-state index in [9.17, 15) is 8.42 Å². The summed E-state index contributed by atoms with van der Waals surface area (Å²) in [7, 11) is 0.821. The molecule has 1 N–H and O–H groups in total. The summed E-state index contributed by atoms with van der Waals surface area (Å²) in [6.07, 6.45) is 0. The van der Waals surface area contributed by atoms with E-state index in [0.717, 1.165) is 28.4 Å². The maximum absolute atomic E-state index is 13.1. The molecule has 0 spiro atoms. The Bertz CT molecular complexity index is 1370. The Hall–Kier alpha value is -3.23. The summed E-state index contributed by atoms with van der Waals surface area (Å²) in [5.74, 6) is 1.39. The van der Waals surface area contributed by atoms with Crippen LogP contribution in [0, 0.1) is 0 Å². The summed E-state index contributed by atoms with van der Waals surface area (Å²) < 4.78 is 47.1. The lowest BCUT2D eigenvalue weighted by molar-refractivity contribution is 0.323. The average molecular weight is 455 g/mol. The molecular weight excluding hydrogens is 428 g/mol. The van der Waals surface area contributed by atoms with E-state index in [-0.39, 0.29) is 11.4 Å². The predicted molar refractivity (Wildman–Crippen MR) is 125 cm³/mol. The predicted octanol–water partition coefficient (Wildman–Crippen LogP) is 4.32. The number of benzene rings is 3. The summed E-state index contributed by atoms with van der Waals surface area (Å²) in [6.45, 7) is 2.96. The van der Waals surface area contributed by atoms with Crippen molar-refractivity contribution in [2.24, 2.45) is 0 Å². The van der Waals surface area contributed by atoms with Crippen LogP contribution in [0.5, 0.6) is 17.2 Å². The molecular formula is C24H26N2O5S. The zero-order valence-corrected chi connectivity index (χ0v) is 19.3. The van der Waals surface area contributed by atoms with E-state index >= 15 is 0 Å². The molecule has 0 saturated heterocycles. The van der Waals surface area contributed by atoms with Crippen molar-refractivity contribution in [3.8, 4) is 17.2 Å². The minimum absolute atomic E-state index is 0.0772. The first-order chi connectivity index (χ1) is 15.4. The molecule has 7 nitrogen and oxygen atoms in total. The lowest BCUT2D eigenvalue weighted by Crippen LogP contribution is -2.23. The lowest BCUT2D eigenvalue weighted by Gasteiger charge is -2.14. The van der Waals surface area contributed by atoms with Crippen LogP contribution in [0.1, 0.15) is 12.5 Å². The van der Waals surface area contributed by atoms with Gasteiger partial charge in [-0.25, -0.2) is 13.1 Å². The Morgan fingerprint density at radius 3 is 2.12 bits per heavy atom. The highest BCUT2D eigenvalue weighted by Gasteiger charge is 2.19. The minimum atomic E-state index is -3.74. The standard InChI is InChI=1S/C24H26N2O5S/c1-5-26-20-9-7-6-8-18(20)19-14-17(10-11-21(19)26)32(27,28)25-15-16-12-22(29-2)24(31-4)23(13-16)30-3/h6-14,25H,5,15H2,1-4H3. The Kier molecular flexibility index (Phi) is 5.99. The Labute approximate surface area is 187 Å². The normalized spacial score (nSPS) is 11.8. The molecule has 0 aliphatic carbocycles. The molecule has 4 rings (SSSR count). The number of rotatable bonds is 8. The van der Waals surface area contributed by atoms with Crippen LogP contribution >= 0.6 is 0 Å². The van der Waals surface area contributed by atoms with Crippen molar-refractivity contribution in [1.82, 2.24) is 9.29 Å². The van der Waals surface area contributed by atoms with Crippen LogP contribution in [-0.2, 0) is 23.1 Å². The first-order valence-electron chi connectivity index (χ1n) is 10.2. The van der Waals surface area contributed by atoms with Crippen LogP contribution in [-0.4, -0.2) is 34.3 Å². The highest BCUT2D eigenvalue weighted by atomic mass is 32.2. The summed E-state index contributed by atoms with van der Waals surface area (Å²) in [5.41, 5.74) is 2.79. The van der Waals surface area contributed by atoms with Crippen molar-refractivity contribution in [2.75, 3.05) is 21.3 Å². The number of nitrogens with zero attached hydrogens (tertiary/aromatic N) is 1. The molecule has 32 heavy (non-hydrogen) atoms. The molecule has 1 heterocycles. The van der Waals surface area contributed by atoms with Gasteiger partial charge in [-0.05, 0) is 48.9 Å². The van der Waals surface area contributed by atoms with Gasteiger partial charge >= 0.3 is 0 Å². The molecule has 0 radical (unpaired) electrons. The topological polar surface area (TPSA) is 78.8 Å². The van der Waals surface area contributed by atoms with E-state index in [1.165, 1.54) is 21.3 Å². The lowest BCUT2D eigenvalue weighted by atomic mass is 10.1. The number of hydrogen-bond acceptors (Lipinski definition) is 5. The van der Waals surface area contributed by atoms with Crippen molar-refractivity contribution in [3.05, 3.63) is 60.2 Å². The van der Waals surface area contributed by atoms with Gasteiger partial charge in [-0.15, -0.1) is 0 Å². The summed E-state index contributed by atoms with van der Waals surface area (Å²) in [5, 5.41) is 1.95. The number of nitrogens with one attached hydrogen (secondary N) is 1. The van der Waals surface area contributed by atoms with Gasteiger partial charge in [-0.3, -0.25) is 0 Å². The number of methoxy groups -OCH3 is 3. The fourth-order valence-corrected chi connectivity index (χ4v) is 5.08. The van der Waals surface area contributed by atoms with Gasteiger partial charge in [0.2, 0.25) is 15.8 Å². The molecule has 3 aromatic carbocycles. The van der Waals surface area contributed by atoms with Crippen molar-refractivity contribution in [3.63, 3.8) is 0 Å². The quantitative estimate of drug-likeness (QED) is 0.429. The Morgan fingerprint density at radius 2 is 1.50 bits per heavy atom. The SMILES string of the molecule is CCn1c2ccccc2c2cc(S(=O)(=O)NCc3cc(OC)c(OC)c(OC)c3)ccc21. The molecule has 1 aromatic heterocycles. The fraction of sp³-hybridized carbons (Fsp3) is 0.250. The highest BCUT2D eigenvalue weighted by Crippen LogP contribution is 2.38. The molecule has 0 fully saturated rings. The van der Waals surface area contributed by atoms with E-state index in [0.29, 0.717) is 22.8 Å². The molecule has 0 atom stereocenters. The van der Waals surface area contributed by atoms with Crippen molar-refractivity contribution >= 4 is 31.8 Å². The van der Waals surface area contributed by atoms with Gasteiger partial charge in [0.05, 0.1) is 26.2 Å². The second-order valence-corrected chi connectivity index (χ2v) is 9.07. The minimum Gasteiger partial charge on any atom is -0.493 e.